The number of carbonyl (C=O) groups excluding carboxylic acids is 2. The van der Waals surface area contributed by atoms with Gasteiger partial charge in [0.2, 0.25) is 0 Å². The van der Waals surface area contributed by atoms with Crippen LogP contribution < -0.4 is 14.6 Å². The van der Waals surface area contributed by atoms with E-state index in [0.29, 0.717) is 29.6 Å². The number of carbonyl (C=O) groups is 2. The van der Waals surface area contributed by atoms with E-state index < -0.39 is 17.9 Å². The number of hydrogen-bond donors (Lipinski definition) is 0. The van der Waals surface area contributed by atoms with E-state index >= 15 is 0 Å². The summed E-state index contributed by atoms with van der Waals surface area (Å²) in [6.45, 7) is 6.44. The van der Waals surface area contributed by atoms with Crippen LogP contribution >= 0.6 is 24.0 Å². The number of rotatable bonds is 9. The van der Waals surface area contributed by atoms with E-state index in [1.807, 2.05) is 13.0 Å². The van der Waals surface area contributed by atoms with Gasteiger partial charge in [-0.05, 0) is 44.0 Å². The molecule has 1 aromatic rings. The number of thiocarbonyl (C=S) groups is 1. The average Bonchev–Trinajstić information content (AvgIpc) is 2.90. The summed E-state index contributed by atoms with van der Waals surface area (Å²) >= 11 is 6.21. The van der Waals surface area contributed by atoms with E-state index in [4.69, 9.17) is 21.7 Å². The number of thioether (sulfide) groups is 1. The van der Waals surface area contributed by atoms with Gasteiger partial charge in [0.1, 0.15) is 4.32 Å². The molecule has 1 aromatic carbocycles. The molecule has 0 bridgehead atoms. The molecule has 1 aliphatic rings. The predicted octanol–water partition coefficient (Wildman–Crippen LogP) is 2.60. The van der Waals surface area contributed by atoms with Crippen LogP contribution in [0.2, 0.25) is 0 Å². The second-order valence-electron chi connectivity index (χ2n) is 5.89. The Hall–Kier alpha value is -2.06. The van der Waals surface area contributed by atoms with Gasteiger partial charge in [0.15, 0.2) is 11.5 Å². The largest absolute Gasteiger partial charge is 0.548 e. The molecule has 0 spiro atoms. The summed E-state index contributed by atoms with van der Waals surface area (Å²) in [6.07, 6.45) is 3.65. The first-order valence-corrected chi connectivity index (χ1v) is 9.99. The number of amides is 1. The zero-order valence-corrected chi connectivity index (χ0v) is 17.2. The molecular weight excluding hydrogens is 386 g/mol. The summed E-state index contributed by atoms with van der Waals surface area (Å²) < 4.78 is 11.6. The third-order valence-corrected chi connectivity index (χ3v) is 5.20. The van der Waals surface area contributed by atoms with Crippen LogP contribution in [-0.2, 0) is 9.59 Å². The minimum Gasteiger partial charge on any atom is -0.548 e. The van der Waals surface area contributed by atoms with Crippen molar-refractivity contribution in [1.82, 2.24) is 4.90 Å². The van der Waals surface area contributed by atoms with E-state index in [2.05, 4.69) is 6.92 Å². The van der Waals surface area contributed by atoms with Gasteiger partial charge in [-0.3, -0.25) is 9.69 Å². The van der Waals surface area contributed by atoms with Crippen molar-refractivity contribution in [1.29, 1.82) is 0 Å². The molecule has 1 heterocycles. The first-order valence-electron chi connectivity index (χ1n) is 8.76. The first-order chi connectivity index (χ1) is 12.9. The molecule has 1 aliphatic heterocycles. The lowest BCUT2D eigenvalue weighted by Crippen LogP contribution is -2.48. The Morgan fingerprint density at radius 1 is 1.33 bits per heavy atom. The molecule has 0 aromatic heterocycles. The van der Waals surface area contributed by atoms with E-state index in [1.54, 1.807) is 18.2 Å². The van der Waals surface area contributed by atoms with Crippen molar-refractivity contribution in [2.45, 2.75) is 39.7 Å². The standard InChI is InChI=1S/C19H23NO5S2/c1-4-6-9-25-14-8-7-13(10-15(14)24-5-2)11-16-17(21)20(19(26)27-16)12(3)18(22)23/h7-8,10-12H,4-6,9H2,1-3H3,(H,22,23)/p-1/b16-11+/t12-/m0/s1. The van der Waals surface area contributed by atoms with Gasteiger partial charge in [0.25, 0.3) is 5.91 Å². The molecule has 8 heteroatoms. The van der Waals surface area contributed by atoms with Crippen molar-refractivity contribution in [3.8, 4) is 11.5 Å². The van der Waals surface area contributed by atoms with Gasteiger partial charge in [-0.15, -0.1) is 0 Å². The Morgan fingerprint density at radius 2 is 2.07 bits per heavy atom. The molecule has 27 heavy (non-hydrogen) atoms. The molecule has 1 amide bonds. The van der Waals surface area contributed by atoms with Crippen LogP contribution in [0.4, 0.5) is 0 Å². The summed E-state index contributed by atoms with van der Waals surface area (Å²) in [5, 5.41) is 11.1. The lowest BCUT2D eigenvalue weighted by molar-refractivity contribution is -0.309. The molecule has 6 nitrogen and oxygen atoms in total. The smallest absolute Gasteiger partial charge is 0.266 e. The highest BCUT2D eigenvalue weighted by Gasteiger charge is 2.35. The lowest BCUT2D eigenvalue weighted by atomic mass is 10.1. The van der Waals surface area contributed by atoms with Gasteiger partial charge in [-0.25, -0.2) is 0 Å². The highest BCUT2D eigenvalue weighted by molar-refractivity contribution is 8.26. The Balaban J connectivity index is 2.25. The number of benzene rings is 1. The van der Waals surface area contributed by atoms with Gasteiger partial charge >= 0.3 is 0 Å². The second kappa shape index (κ2) is 9.75. The first kappa shape index (κ1) is 21.2. The molecule has 0 saturated carbocycles. The zero-order chi connectivity index (χ0) is 20.0. The molecule has 0 unspecified atom stereocenters. The summed E-state index contributed by atoms with van der Waals surface area (Å²) in [4.78, 5) is 25.0. The van der Waals surface area contributed by atoms with Crippen molar-refractivity contribution in [2.75, 3.05) is 13.2 Å². The Kier molecular flexibility index (Phi) is 7.67. The molecule has 0 N–H and O–H groups in total. The fourth-order valence-electron chi connectivity index (χ4n) is 2.40. The number of carboxylic acids is 1. The Morgan fingerprint density at radius 3 is 2.70 bits per heavy atom. The van der Waals surface area contributed by atoms with Crippen molar-refractivity contribution >= 4 is 46.3 Å². The SMILES string of the molecule is CCCCOc1ccc(/C=C2/SC(=S)N([C@@H](C)C(=O)[O-])C2=O)cc1OCC. The van der Waals surface area contributed by atoms with Crippen molar-refractivity contribution in [3.63, 3.8) is 0 Å². The van der Waals surface area contributed by atoms with Crippen LogP contribution in [0.1, 0.15) is 39.2 Å². The number of carboxylic acid groups (broad SMARTS) is 1. The van der Waals surface area contributed by atoms with Crippen molar-refractivity contribution in [2.24, 2.45) is 0 Å². The molecule has 0 aliphatic carbocycles. The van der Waals surface area contributed by atoms with Crippen LogP contribution in [0.25, 0.3) is 6.08 Å². The minimum atomic E-state index is -1.35. The van der Waals surface area contributed by atoms with Crippen molar-refractivity contribution < 1.29 is 24.2 Å². The lowest BCUT2D eigenvalue weighted by Gasteiger charge is -2.23. The van der Waals surface area contributed by atoms with E-state index in [-0.39, 0.29) is 4.32 Å². The minimum absolute atomic E-state index is 0.201. The van der Waals surface area contributed by atoms with Gasteiger partial charge in [0.05, 0.1) is 30.1 Å². The van der Waals surface area contributed by atoms with Crippen LogP contribution in [0.5, 0.6) is 11.5 Å². The topological polar surface area (TPSA) is 78.9 Å². The van der Waals surface area contributed by atoms with Crippen LogP contribution in [0, 0.1) is 0 Å². The third-order valence-electron chi connectivity index (χ3n) is 3.87. The molecule has 1 atom stereocenters. The maximum absolute atomic E-state index is 12.5. The van der Waals surface area contributed by atoms with Gasteiger partial charge in [-0.2, -0.15) is 0 Å². The molecular formula is C19H22NO5S2-. The Labute approximate surface area is 168 Å². The highest BCUT2D eigenvalue weighted by atomic mass is 32.2. The normalized spacial score (nSPS) is 16.7. The average molecular weight is 409 g/mol. The van der Waals surface area contributed by atoms with Crippen LogP contribution in [0.3, 0.4) is 0 Å². The molecule has 2 rings (SSSR count). The quantitative estimate of drug-likeness (QED) is 0.353. The van der Waals surface area contributed by atoms with Crippen LogP contribution in [-0.4, -0.2) is 40.4 Å². The van der Waals surface area contributed by atoms with Gasteiger partial charge in [-0.1, -0.05) is 43.4 Å². The number of unbranched alkanes of at least 4 members (excludes halogenated alkanes) is 1. The maximum atomic E-state index is 12.5. The van der Waals surface area contributed by atoms with Gasteiger partial charge < -0.3 is 19.4 Å². The van der Waals surface area contributed by atoms with E-state index in [0.717, 1.165) is 35.1 Å². The van der Waals surface area contributed by atoms with E-state index in [1.165, 1.54) is 6.92 Å². The van der Waals surface area contributed by atoms with E-state index in [9.17, 15) is 14.7 Å². The number of nitrogens with zero attached hydrogens (tertiary/aromatic N) is 1. The summed E-state index contributed by atoms with van der Waals surface area (Å²) in [5.41, 5.74) is 0.739. The number of aliphatic carboxylic acids is 1. The summed E-state index contributed by atoms with van der Waals surface area (Å²) in [5.74, 6) is -0.538. The Bertz CT molecular complexity index is 762. The fourth-order valence-corrected chi connectivity index (χ4v) is 3.82. The highest BCUT2D eigenvalue weighted by Crippen LogP contribution is 2.35. The van der Waals surface area contributed by atoms with Gasteiger partial charge in [0, 0.05) is 0 Å². The summed E-state index contributed by atoms with van der Waals surface area (Å²) in [6, 6.07) is 4.30. The maximum Gasteiger partial charge on any atom is 0.266 e. The molecule has 1 saturated heterocycles. The molecule has 0 radical (unpaired) electrons. The van der Waals surface area contributed by atoms with Crippen molar-refractivity contribution in [3.05, 3.63) is 28.7 Å². The number of hydrogen-bond acceptors (Lipinski definition) is 7. The summed E-state index contributed by atoms with van der Waals surface area (Å²) in [7, 11) is 0. The third kappa shape index (κ3) is 5.23. The monoisotopic (exact) mass is 408 g/mol. The second-order valence-corrected chi connectivity index (χ2v) is 7.56. The zero-order valence-electron chi connectivity index (χ0n) is 15.5. The van der Waals surface area contributed by atoms with Crippen LogP contribution in [0.15, 0.2) is 23.1 Å². The molecule has 1 fully saturated rings. The fraction of sp³-hybridized carbons (Fsp3) is 0.421. The number of ether oxygens (including phenoxy) is 2. The predicted molar refractivity (Wildman–Crippen MR) is 107 cm³/mol. The molecule has 146 valence electrons.